The monoisotopic (exact) mass is 319 g/mol. The van der Waals surface area contributed by atoms with Crippen LogP contribution in [0.3, 0.4) is 0 Å². The lowest BCUT2D eigenvalue weighted by molar-refractivity contribution is 0.0999. The normalized spacial score (nSPS) is 12.8. The highest BCUT2D eigenvalue weighted by Crippen LogP contribution is 2.19. The Morgan fingerprint density at radius 1 is 1.23 bits per heavy atom. The van der Waals surface area contributed by atoms with E-state index in [0.29, 0.717) is 5.56 Å². The van der Waals surface area contributed by atoms with Crippen LogP contribution in [0.25, 0.3) is 0 Å². The Morgan fingerprint density at radius 3 is 2.45 bits per heavy atom. The molecule has 0 aliphatic heterocycles. The first-order valence-corrected chi connectivity index (χ1v) is 8.12. The van der Waals surface area contributed by atoms with Crippen LogP contribution in [0.15, 0.2) is 47.6 Å². The highest BCUT2D eigenvalue weighted by molar-refractivity contribution is 7.89. The molecule has 7 heteroatoms. The Labute approximate surface area is 129 Å². The largest absolute Gasteiger partial charge is 0.366 e. The number of nitrogens with one attached hydrogen (secondary N) is 1. The average Bonchev–Trinajstić information content (AvgIpc) is 2.47. The molecule has 0 bridgehead atoms. The van der Waals surface area contributed by atoms with Crippen molar-refractivity contribution in [2.45, 2.75) is 24.8 Å². The number of rotatable bonds is 5. The molecule has 22 heavy (non-hydrogen) atoms. The lowest BCUT2D eigenvalue weighted by Gasteiger charge is -2.15. The van der Waals surface area contributed by atoms with Crippen LogP contribution >= 0.6 is 0 Å². The first-order valence-electron chi connectivity index (χ1n) is 6.64. The fourth-order valence-corrected chi connectivity index (χ4v) is 3.31. The van der Waals surface area contributed by atoms with Crippen molar-refractivity contribution in [1.82, 2.24) is 9.71 Å². The molecule has 0 fully saturated rings. The summed E-state index contributed by atoms with van der Waals surface area (Å²) in [6.45, 7) is 3.43. The van der Waals surface area contributed by atoms with E-state index in [1.165, 1.54) is 12.1 Å². The van der Waals surface area contributed by atoms with E-state index in [0.717, 1.165) is 5.56 Å². The zero-order chi connectivity index (χ0) is 16.3. The first kappa shape index (κ1) is 16.1. The molecule has 1 heterocycles. The highest BCUT2D eigenvalue weighted by atomic mass is 32.2. The van der Waals surface area contributed by atoms with Crippen LogP contribution in [0.1, 0.15) is 34.5 Å². The third-order valence-corrected chi connectivity index (χ3v) is 4.86. The van der Waals surface area contributed by atoms with Crippen molar-refractivity contribution in [3.63, 3.8) is 0 Å². The number of primary amides is 1. The number of carbonyl (C=O) groups is 1. The number of nitrogens with two attached hydrogens (primary N) is 1. The number of nitrogens with zero attached hydrogens (tertiary/aromatic N) is 1. The highest BCUT2D eigenvalue weighted by Gasteiger charge is 2.20. The van der Waals surface area contributed by atoms with Crippen molar-refractivity contribution in [2.24, 2.45) is 5.73 Å². The second-order valence-electron chi connectivity index (χ2n) is 4.96. The minimum atomic E-state index is -3.76. The molecule has 0 radical (unpaired) electrons. The summed E-state index contributed by atoms with van der Waals surface area (Å²) in [5.41, 5.74) is 6.88. The summed E-state index contributed by atoms with van der Waals surface area (Å²) in [6.07, 6.45) is 3.19. The van der Waals surface area contributed by atoms with Gasteiger partial charge in [-0.1, -0.05) is 6.07 Å². The minimum absolute atomic E-state index is 0.00723. The van der Waals surface area contributed by atoms with Gasteiger partial charge in [0.2, 0.25) is 15.9 Å². The molecule has 1 amide bonds. The predicted octanol–water partition coefficient (Wildman–Crippen LogP) is 1.53. The first-order chi connectivity index (χ1) is 10.3. The maximum absolute atomic E-state index is 12.4. The molecular formula is C15H17N3O3S. The second kappa shape index (κ2) is 6.25. The van der Waals surface area contributed by atoms with Gasteiger partial charge < -0.3 is 5.73 Å². The van der Waals surface area contributed by atoms with Gasteiger partial charge in [0.15, 0.2) is 0 Å². The number of pyridine rings is 1. The Balaban J connectivity index is 2.31. The summed E-state index contributed by atoms with van der Waals surface area (Å²) in [5, 5.41) is 0. The lowest BCUT2D eigenvalue weighted by Crippen LogP contribution is -2.27. The Kier molecular flexibility index (Phi) is 4.58. The number of hydrogen-bond donors (Lipinski definition) is 2. The predicted molar refractivity (Wildman–Crippen MR) is 82.7 cm³/mol. The maximum Gasteiger partial charge on any atom is 0.249 e. The zero-order valence-corrected chi connectivity index (χ0v) is 13.1. The number of amides is 1. The van der Waals surface area contributed by atoms with Gasteiger partial charge in [-0.05, 0) is 49.2 Å². The molecule has 0 saturated carbocycles. The van der Waals surface area contributed by atoms with Gasteiger partial charge >= 0.3 is 0 Å². The molecule has 116 valence electrons. The van der Waals surface area contributed by atoms with E-state index in [-0.39, 0.29) is 10.5 Å². The summed E-state index contributed by atoms with van der Waals surface area (Å²) < 4.78 is 27.4. The molecule has 2 aromatic rings. The quantitative estimate of drug-likeness (QED) is 0.872. The van der Waals surface area contributed by atoms with E-state index >= 15 is 0 Å². The van der Waals surface area contributed by atoms with Crippen LogP contribution in [0.5, 0.6) is 0 Å². The van der Waals surface area contributed by atoms with Gasteiger partial charge in [-0.3, -0.25) is 9.78 Å². The van der Waals surface area contributed by atoms with Crippen molar-refractivity contribution in [3.05, 3.63) is 59.4 Å². The van der Waals surface area contributed by atoms with Crippen LogP contribution < -0.4 is 10.5 Å². The van der Waals surface area contributed by atoms with Gasteiger partial charge in [0.25, 0.3) is 0 Å². The van der Waals surface area contributed by atoms with Crippen molar-refractivity contribution < 1.29 is 13.2 Å². The summed E-state index contributed by atoms with van der Waals surface area (Å²) in [6, 6.07) is 7.34. The summed E-state index contributed by atoms with van der Waals surface area (Å²) in [5.74, 6) is -0.656. The summed E-state index contributed by atoms with van der Waals surface area (Å²) in [4.78, 5) is 15.2. The number of aryl methyl sites for hydroxylation is 1. The summed E-state index contributed by atoms with van der Waals surface area (Å²) in [7, 11) is -3.76. The van der Waals surface area contributed by atoms with E-state index in [2.05, 4.69) is 9.71 Å². The van der Waals surface area contributed by atoms with E-state index in [4.69, 9.17) is 5.73 Å². The molecule has 0 aliphatic rings. The Morgan fingerprint density at radius 2 is 1.86 bits per heavy atom. The molecule has 6 nitrogen and oxygen atoms in total. The van der Waals surface area contributed by atoms with Crippen molar-refractivity contribution in [3.8, 4) is 0 Å². The van der Waals surface area contributed by atoms with Crippen LogP contribution in [-0.2, 0) is 10.0 Å². The molecule has 2 rings (SSSR count). The summed E-state index contributed by atoms with van der Waals surface area (Å²) >= 11 is 0. The van der Waals surface area contributed by atoms with Crippen LogP contribution in [0, 0.1) is 6.92 Å². The zero-order valence-electron chi connectivity index (χ0n) is 12.3. The number of hydrogen-bond acceptors (Lipinski definition) is 4. The maximum atomic E-state index is 12.4. The van der Waals surface area contributed by atoms with Gasteiger partial charge in [0.05, 0.1) is 4.90 Å². The molecular weight excluding hydrogens is 302 g/mol. The topological polar surface area (TPSA) is 102 Å². The van der Waals surface area contributed by atoms with Gasteiger partial charge in [-0.25, -0.2) is 13.1 Å². The standard InChI is InChI=1S/C15H17N3O3S/c1-10-3-4-13(9-14(10)15(16)19)22(20,21)18-11(2)12-5-7-17-8-6-12/h3-9,11,18H,1-2H3,(H2,16,19)/t11-/m1/s1. The number of sulfonamides is 1. The number of carbonyl (C=O) groups excluding carboxylic acids is 1. The fourth-order valence-electron chi connectivity index (χ4n) is 2.05. The van der Waals surface area contributed by atoms with Gasteiger partial charge in [0.1, 0.15) is 0 Å². The van der Waals surface area contributed by atoms with Crippen LogP contribution in [0.2, 0.25) is 0 Å². The molecule has 0 aliphatic carbocycles. The molecule has 0 saturated heterocycles. The fraction of sp³-hybridized carbons (Fsp3) is 0.200. The third kappa shape index (κ3) is 3.49. The van der Waals surface area contributed by atoms with Crippen LogP contribution in [0.4, 0.5) is 0 Å². The van der Waals surface area contributed by atoms with Crippen molar-refractivity contribution in [1.29, 1.82) is 0 Å². The van der Waals surface area contributed by atoms with E-state index in [9.17, 15) is 13.2 Å². The minimum Gasteiger partial charge on any atom is -0.366 e. The smallest absolute Gasteiger partial charge is 0.249 e. The molecule has 1 aromatic carbocycles. The van der Waals surface area contributed by atoms with E-state index in [1.54, 1.807) is 44.4 Å². The molecule has 3 N–H and O–H groups in total. The third-order valence-electron chi connectivity index (χ3n) is 3.32. The number of aromatic nitrogens is 1. The lowest BCUT2D eigenvalue weighted by atomic mass is 10.1. The average molecular weight is 319 g/mol. The molecule has 1 atom stereocenters. The van der Waals surface area contributed by atoms with Crippen LogP contribution in [-0.4, -0.2) is 19.3 Å². The SMILES string of the molecule is Cc1ccc(S(=O)(=O)N[C@H](C)c2ccncc2)cc1C(N)=O. The second-order valence-corrected chi connectivity index (χ2v) is 6.68. The van der Waals surface area contributed by atoms with Gasteiger partial charge in [-0.2, -0.15) is 0 Å². The Hall–Kier alpha value is -2.25. The van der Waals surface area contributed by atoms with E-state index < -0.39 is 22.0 Å². The van der Waals surface area contributed by atoms with E-state index in [1.807, 2.05) is 0 Å². The van der Waals surface area contributed by atoms with Crippen molar-refractivity contribution >= 4 is 15.9 Å². The molecule has 0 spiro atoms. The van der Waals surface area contributed by atoms with Gasteiger partial charge in [0, 0.05) is 24.0 Å². The van der Waals surface area contributed by atoms with Crippen molar-refractivity contribution in [2.75, 3.05) is 0 Å². The van der Waals surface area contributed by atoms with Gasteiger partial charge in [-0.15, -0.1) is 0 Å². The Bertz CT molecular complexity index is 789. The number of benzene rings is 1. The molecule has 0 unspecified atom stereocenters. The molecule has 1 aromatic heterocycles.